The van der Waals surface area contributed by atoms with Gasteiger partial charge in [-0.1, -0.05) is 36.4 Å². The highest BCUT2D eigenvalue weighted by atomic mass is 16.5. The Bertz CT molecular complexity index is 852. The van der Waals surface area contributed by atoms with Gasteiger partial charge in [0, 0.05) is 30.4 Å². The highest BCUT2D eigenvalue weighted by molar-refractivity contribution is 5.62. The highest BCUT2D eigenvalue weighted by Gasteiger charge is 2.11. The Kier molecular flexibility index (Phi) is 5.69. The van der Waals surface area contributed by atoms with Crippen LogP contribution in [0.5, 0.6) is 5.75 Å². The van der Waals surface area contributed by atoms with Gasteiger partial charge in [-0.2, -0.15) is 0 Å². The summed E-state index contributed by atoms with van der Waals surface area (Å²) in [6.45, 7) is 5.49. The van der Waals surface area contributed by atoms with E-state index < -0.39 is 0 Å². The van der Waals surface area contributed by atoms with Gasteiger partial charge in [0.1, 0.15) is 23.2 Å². The SMILES string of the molecule is CCN(c1ccccc1)c1cc(NCc2ccccc2OC)nc(C)n1. The normalized spacial score (nSPS) is 10.4. The molecule has 0 radical (unpaired) electrons. The van der Waals surface area contributed by atoms with Crippen LogP contribution in [0.2, 0.25) is 0 Å². The van der Waals surface area contributed by atoms with Crippen LogP contribution in [0, 0.1) is 6.92 Å². The molecule has 5 heteroatoms. The molecule has 1 heterocycles. The van der Waals surface area contributed by atoms with E-state index in [1.165, 1.54) is 0 Å². The molecule has 0 bridgehead atoms. The summed E-state index contributed by atoms with van der Waals surface area (Å²) in [6.07, 6.45) is 0. The van der Waals surface area contributed by atoms with Crippen LogP contribution in [0.3, 0.4) is 0 Å². The first-order valence-electron chi connectivity index (χ1n) is 8.75. The second-order valence-corrected chi connectivity index (χ2v) is 5.90. The van der Waals surface area contributed by atoms with Gasteiger partial charge >= 0.3 is 0 Å². The zero-order chi connectivity index (χ0) is 18.4. The van der Waals surface area contributed by atoms with E-state index in [2.05, 4.69) is 39.2 Å². The van der Waals surface area contributed by atoms with Gasteiger partial charge in [-0.15, -0.1) is 0 Å². The van der Waals surface area contributed by atoms with Crippen molar-refractivity contribution in [1.82, 2.24) is 9.97 Å². The smallest absolute Gasteiger partial charge is 0.138 e. The van der Waals surface area contributed by atoms with Crippen LogP contribution in [0.15, 0.2) is 60.7 Å². The maximum atomic E-state index is 5.41. The molecule has 5 nitrogen and oxygen atoms in total. The molecule has 3 aromatic rings. The maximum Gasteiger partial charge on any atom is 0.138 e. The monoisotopic (exact) mass is 348 g/mol. The lowest BCUT2D eigenvalue weighted by Gasteiger charge is -2.23. The fourth-order valence-corrected chi connectivity index (χ4v) is 2.90. The van der Waals surface area contributed by atoms with E-state index in [-0.39, 0.29) is 0 Å². The topological polar surface area (TPSA) is 50.3 Å². The van der Waals surface area contributed by atoms with E-state index in [0.29, 0.717) is 6.54 Å². The summed E-state index contributed by atoms with van der Waals surface area (Å²) in [4.78, 5) is 11.3. The second-order valence-electron chi connectivity index (χ2n) is 5.90. The Balaban J connectivity index is 1.83. The number of aromatic nitrogens is 2. The number of anilines is 3. The highest BCUT2D eigenvalue weighted by Crippen LogP contribution is 2.25. The Morgan fingerprint density at radius 2 is 1.73 bits per heavy atom. The molecule has 0 saturated carbocycles. The second kappa shape index (κ2) is 8.34. The molecule has 3 rings (SSSR count). The maximum absolute atomic E-state index is 5.41. The van der Waals surface area contributed by atoms with Crippen molar-refractivity contribution in [2.45, 2.75) is 20.4 Å². The van der Waals surface area contributed by atoms with Crippen LogP contribution in [0.4, 0.5) is 17.3 Å². The van der Waals surface area contributed by atoms with Crippen LogP contribution in [-0.2, 0) is 6.54 Å². The molecule has 134 valence electrons. The van der Waals surface area contributed by atoms with E-state index in [1.54, 1.807) is 7.11 Å². The summed E-state index contributed by atoms with van der Waals surface area (Å²) < 4.78 is 5.41. The molecule has 0 unspecified atom stereocenters. The van der Waals surface area contributed by atoms with Gasteiger partial charge in [-0.05, 0) is 32.0 Å². The number of benzene rings is 2. The third-order valence-corrected chi connectivity index (χ3v) is 4.14. The molecule has 1 aromatic heterocycles. The fourth-order valence-electron chi connectivity index (χ4n) is 2.90. The molecule has 26 heavy (non-hydrogen) atoms. The Morgan fingerprint density at radius 3 is 2.46 bits per heavy atom. The van der Waals surface area contributed by atoms with Crippen molar-refractivity contribution in [1.29, 1.82) is 0 Å². The van der Waals surface area contributed by atoms with Crippen molar-refractivity contribution in [3.05, 3.63) is 72.1 Å². The molecule has 0 fully saturated rings. The molecule has 0 aliphatic rings. The first kappa shape index (κ1) is 17.7. The number of nitrogens with zero attached hydrogens (tertiary/aromatic N) is 3. The number of rotatable bonds is 7. The largest absolute Gasteiger partial charge is 0.496 e. The number of para-hydroxylation sites is 2. The van der Waals surface area contributed by atoms with Gasteiger partial charge in [0.05, 0.1) is 7.11 Å². The summed E-state index contributed by atoms with van der Waals surface area (Å²) in [5.41, 5.74) is 2.20. The third kappa shape index (κ3) is 4.11. The standard InChI is InChI=1S/C21H24N4O/c1-4-25(18-11-6-5-7-12-18)21-14-20(23-16(2)24-21)22-15-17-10-8-9-13-19(17)26-3/h5-14H,4,15H2,1-3H3,(H,22,23,24). The average Bonchev–Trinajstić information content (AvgIpc) is 2.68. The van der Waals surface area contributed by atoms with Crippen LogP contribution in [0.25, 0.3) is 0 Å². The zero-order valence-corrected chi connectivity index (χ0v) is 15.4. The molecule has 0 spiro atoms. The van der Waals surface area contributed by atoms with Crippen molar-refractivity contribution in [2.75, 3.05) is 23.9 Å². The number of ether oxygens (including phenoxy) is 1. The minimum Gasteiger partial charge on any atom is -0.496 e. The van der Waals surface area contributed by atoms with Gasteiger partial charge < -0.3 is 15.0 Å². The lowest BCUT2D eigenvalue weighted by molar-refractivity contribution is 0.410. The molecular formula is C21H24N4O. The van der Waals surface area contributed by atoms with E-state index in [0.717, 1.165) is 41.0 Å². The lowest BCUT2D eigenvalue weighted by Crippen LogP contribution is -2.18. The van der Waals surface area contributed by atoms with Crippen LogP contribution in [-0.4, -0.2) is 23.6 Å². The average molecular weight is 348 g/mol. The Hall–Kier alpha value is -3.08. The summed E-state index contributed by atoms with van der Waals surface area (Å²) in [5, 5.41) is 3.39. The molecule has 0 amide bonds. The Morgan fingerprint density at radius 1 is 1.00 bits per heavy atom. The summed E-state index contributed by atoms with van der Waals surface area (Å²) >= 11 is 0. The van der Waals surface area contributed by atoms with Crippen LogP contribution >= 0.6 is 0 Å². The van der Waals surface area contributed by atoms with Gasteiger partial charge in [-0.3, -0.25) is 0 Å². The van der Waals surface area contributed by atoms with Gasteiger partial charge in [-0.25, -0.2) is 9.97 Å². The van der Waals surface area contributed by atoms with Gasteiger partial charge in [0.2, 0.25) is 0 Å². The Labute approximate surface area is 154 Å². The molecular weight excluding hydrogens is 324 g/mol. The molecule has 0 atom stereocenters. The fraction of sp³-hybridized carbons (Fsp3) is 0.238. The third-order valence-electron chi connectivity index (χ3n) is 4.14. The van der Waals surface area contributed by atoms with Crippen molar-refractivity contribution in [3.8, 4) is 5.75 Å². The van der Waals surface area contributed by atoms with Gasteiger partial charge in [0.25, 0.3) is 0 Å². The molecule has 0 aliphatic heterocycles. The van der Waals surface area contributed by atoms with E-state index in [9.17, 15) is 0 Å². The summed E-state index contributed by atoms with van der Waals surface area (Å²) in [7, 11) is 1.69. The van der Waals surface area contributed by atoms with Gasteiger partial charge in [0.15, 0.2) is 0 Å². The predicted octanol–water partition coefficient (Wildman–Crippen LogP) is 4.56. The number of hydrogen-bond acceptors (Lipinski definition) is 5. The van der Waals surface area contributed by atoms with E-state index in [4.69, 9.17) is 4.74 Å². The van der Waals surface area contributed by atoms with Crippen molar-refractivity contribution < 1.29 is 4.74 Å². The molecule has 1 N–H and O–H groups in total. The number of hydrogen-bond donors (Lipinski definition) is 1. The van der Waals surface area contributed by atoms with Crippen molar-refractivity contribution in [3.63, 3.8) is 0 Å². The van der Waals surface area contributed by atoms with E-state index in [1.807, 2.05) is 55.5 Å². The molecule has 0 aliphatic carbocycles. The summed E-state index contributed by atoms with van der Waals surface area (Å²) in [6, 6.07) is 20.2. The first-order valence-corrected chi connectivity index (χ1v) is 8.75. The quantitative estimate of drug-likeness (QED) is 0.678. The van der Waals surface area contributed by atoms with Crippen LogP contribution < -0.4 is 15.0 Å². The van der Waals surface area contributed by atoms with Crippen molar-refractivity contribution in [2.24, 2.45) is 0 Å². The lowest BCUT2D eigenvalue weighted by atomic mass is 10.2. The molecule has 0 saturated heterocycles. The number of methoxy groups -OCH3 is 1. The number of aryl methyl sites for hydroxylation is 1. The van der Waals surface area contributed by atoms with E-state index >= 15 is 0 Å². The summed E-state index contributed by atoms with van der Waals surface area (Å²) in [5.74, 6) is 3.28. The van der Waals surface area contributed by atoms with Crippen LogP contribution in [0.1, 0.15) is 18.3 Å². The zero-order valence-electron chi connectivity index (χ0n) is 15.4. The van der Waals surface area contributed by atoms with Crippen molar-refractivity contribution >= 4 is 17.3 Å². The predicted molar refractivity (Wildman–Crippen MR) is 106 cm³/mol. The number of nitrogens with one attached hydrogen (secondary N) is 1. The molecule has 2 aromatic carbocycles. The minimum atomic E-state index is 0.636. The minimum absolute atomic E-state index is 0.636. The first-order chi connectivity index (χ1) is 12.7.